The molecule has 1 aliphatic rings. The highest BCUT2D eigenvalue weighted by Crippen LogP contribution is 2.37. The number of hydrogen-bond acceptors (Lipinski definition) is 3. The molecule has 1 aliphatic heterocycles. The molecule has 1 fully saturated rings. The van der Waals surface area contributed by atoms with Gasteiger partial charge < -0.3 is 14.5 Å². The molecule has 1 amide bonds. The third kappa shape index (κ3) is 5.57. The van der Waals surface area contributed by atoms with Crippen LogP contribution in [0, 0.1) is 0 Å². The van der Waals surface area contributed by atoms with E-state index < -0.39 is 0 Å². The van der Waals surface area contributed by atoms with Crippen LogP contribution >= 0.6 is 34.8 Å². The first-order valence-electron chi connectivity index (χ1n) is 10.9. The molecule has 1 unspecified atom stereocenters. The van der Waals surface area contributed by atoms with Gasteiger partial charge in [0.05, 0.1) is 29.8 Å². The van der Waals surface area contributed by atoms with E-state index in [-0.39, 0.29) is 11.9 Å². The highest BCUT2D eigenvalue weighted by molar-refractivity contribution is 6.36. The number of amides is 1. The monoisotopic (exact) mass is 502 g/mol. The SMILES string of the molecule is CCOc1ccccc1CC(=O)N1CCN(c2ccc(Cl)cc2Cl)C(c2ccc(Cl)cc2)C1. The number of nitrogens with zero attached hydrogens (tertiary/aromatic N) is 2. The van der Waals surface area contributed by atoms with Crippen molar-refractivity contribution in [3.63, 3.8) is 0 Å². The Morgan fingerprint density at radius 3 is 2.42 bits per heavy atom. The van der Waals surface area contributed by atoms with E-state index >= 15 is 0 Å². The average molecular weight is 504 g/mol. The highest BCUT2D eigenvalue weighted by Gasteiger charge is 2.32. The number of anilines is 1. The molecule has 0 aromatic heterocycles. The van der Waals surface area contributed by atoms with Gasteiger partial charge in [-0.2, -0.15) is 0 Å². The van der Waals surface area contributed by atoms with Crippen LogP contribution in [0.5, 0.6) is 5.75 Å². The maximum absolute atomic E-state index is 13.3. The van der Waals surface area contributed by atoms with Crippen molar-refractivity contribution in [2.45, 2.75) is 19.4 Å². The van der Waals surface area contributed by atoms with Gasteiger partial charge in [-0.1, -0.05) is 65.1 Å². The first-order chi connectivity index (χ1) is 16.0. The lowest BCUT2D eigenvalue weighted by molar-refractivity contribution is -0.131. The van der Waals surface area contributed by atoms with E-state index in [2.05, 4.69) is 4.90 Å². The molecule has 7 heteroatoms. The molecule has 3 aromatic rings. The number of carbonyl (C=O) groups excluding carboxylic acids is 1. The summed E-state index contributed by atoms with van der Waals surface area (Å²) < 4.78 is 5.71. The molecule has 0 radical (unpaired) electrons. The van der Waals surface area contributed by atoms with Crippen LogP contribution in [0.15, 0.2) is 66.7 Å². The number of para-hydroxylation sites is 1. The van der Waals surface area contributed by atoms with Gasteiger partial charge in [0.2, 0.25) is 5.91 Å². The van der Waals surface area contributed by atoms with E-state index in [4.69, 9.17) is 39.5 Å². The lowest BCUT2D eigenvalue weighted by atomic mass is 10.0. The third-order valence-corrected chi connectivity index (χ3v) is 6.61. The lowest BCUT2D eigenvalue weighted by Gasteiger charge is -2.43. The highest BCUT2D eigenvalue weighted by atomic mass is 35.5. The summed E-state index contributed by atoms with van der Waals surface area (Å²) in [5.74, 6) is 0.831. The molecule has 4 nitrogen and oxygen atoms in total. The van der Waals surface area contributed by atoms with E-state index in [1.165, 1.54) is 0 Å². The van der Waals surface area contributed by atoms with Crippen molar-refractivity contribution in [2.24, 2.45) is 0 Å². The Hall–Kier alpha value is -2.40. The minimum atomic E-state index is -0.0687. The Kier molecular flexibility index (Phi) is 7.69. The fourth-order valence-electron chi connectivity index (χ4n) is 4.20. The minimum Gasteiger partial charge on any atom is -0.494 e. The standard InChI is InChI=1S/C26H25Cl3N2O2/c1-2-33-25-6-4-3-5-19(25)15-26(32)30-13-14-31(23-12-11-21(28)16-22(23)29)24(17-30)18-7-9-20(27)10-8-18/h3-12,16,24H,2,13-15,17H2,1H3. The molecule has 3 aromatic carbocycles. The molecule has 172 valence electrons. The number of hydrogen-bond donors (Lipinski definition) is 0. The van der Waals surface area contributed by atoms with Gasteiger partial charge in [0, 0.05) is 35.2 Å². The van der Waals surface area contributed by atoms with Crippen LogP contribution < -0.4 is 9.64 Å². The predicted molar refractivity (Wildman–Crippen MR) is 136 cm³/mol. The van der Waals surface area contributed by atoms with Crippen LogP contribution in [0.1, 0.15) is 24.1 Å². The van der Waals surface area contributed by atoms with Crippen molar-refractivity contribution < 1.29 is 9.53 Å². The van der Waals surface area contributed by atoms with E-state index in [9.17, 15) is 4.79 Å². The Bertz CT molecular complexity index is 1120. The normalized spacial score (nSPS) is 16.1. The summed E-state index contributed by atoms with van der Waals surface area (Å²) in [6.07, 6.45) is 0.297. The maximum atomic E-state index is 13.3. The molecule has 0 saturated carbocycles. The van der Waals surface area contributed by atoms with E-state index in [1.807, 2.05) is 72.5 Å². The molecule has 1 heterocycles. The van der Waals surface area contributed by atoms with Crippen molar-refractivity contribution in [1.82, 2.24) is 4.90 Å². The Labute approximate surface area is 209 Å². The summed E-state index contributed by atoms with van der Waals surface area (Å²) in [6, 6.07) is 20.9. The summed E-state index contributed by atoms with van der Waals surface area (Å²) in [7, 11) is 0. The summed E-state index contributed by atoms with van der Waals surface area (Å²) in [5.41, 5.74) is 2.86. The number of benzene rings is 3. The van der Waals surface area contributed by atoms with Gasteiger partial charge in [0.1, 0.15) is 5.75 Å². The van der Waals surface area contributed by atoms with Crippen LogP contribution in [-0.2, 0) is 11.2 Å². The number of carbonyl (C=O) groups is 1. The molecular formula is C26H25Cl3N2O2. The second-order valence-corrected chi connectivity index (χ2v) is 9.19. The zero-order valence-corrected chi connectivity index (χ0v) is 20.6. The second-order valence-electron chi connectivity index (χ2n) is 7.91. The Morgan fingerprint density at radius 1 is 0.970 bits per heavy atom. The van der Waals surface area contributed by atoms with Crippen LogP contribution in [0.2, 0.25) is 15.1 Å². The summed E-state index contributed by atoms with van der Waals surface area (Å²) in [6.45, 7) is 4.28. The number of ether oxygens (including phenoxy) is 1. The summed E-state index contributed by atoms with van der Waals surface area (Å²) in [5, 5.41) is 1.85. The molecule has 0 aliphatic carbocycles. The average Bonchev–Trinajstić information content (AvgIpc) is 2.81. The first-order valence-corrected chi connectivity index (χ1v) is 12.0. The Morgan fingerprint density at radius 2 is 1.70 bits per heavy atom. The molecule has 0 bridgehead atoms. The van der Waals surface area contributed by atoms with Gasteiger partial charge in [-0.05, 0) is 48.9 Å². The molecular weight excluding hydrogens is 479 g/mol. The van der Waals surface area contributed by atoms with Gasteiger partial charge in [-0.25, -0.2) is 0 Å². The van der Waals surface area contributed by atoms with Gasteiger partial charge in [-0.3, -0.25) is 4.79 Å². The van der Waals surface area contributed by atoms with Crippen LogP contribution in [0.25, 0.3) is 0 Å². The topological polar surface area (TPSA) is 32.8 Å². The third-order valence-electron chi connectivity index (χ3n) is 5.82. The number of rotatable bonds is 6. The minimum absolute atomic E-state index is 0.0687. The first kappa shape index (κ1) is 23.7. The zero-order chi connectivity index (χ0) is 23.4. The van der Waals surface area contributed by atoms with Crippen molar-refractivity contribution in [3.8, 4) is 5.75 Å². The quantitative estimate of drug-likeness (QED) is 0.376. The smallest absolute Gasteiger partial charge is 0.227 e. The van der Waals surface area contributed by atoms with E-state index in [1.54, 1.807) is 6.07 Å². The maximum Gasteiger partial charge on any atom is 0.227 e. The Balaban J connectivity index is 1.59. The van der Waals surface area contributed by atoms with Gasteiger partial charge in [-0.15, -0.1) is 0 Å². The number of halogens is 3. The summed E-state index contributed by atoms with van der Waals surface area (Å²) in [4.78, 5) is 17.5. The van der Waals surface area contributed by atoms with Crippen molar-refractivity contribution >= 4 is 46.4 Å². The fourth-order valence-corrected chi connectivity index (χ4v) is 4.85. The fraction of sp³-hybridized carbons (Fsp3) is 0.269. The van der Waals surface area contributed by atoms with Gasteiger partial charge in [0.25, 0.3) is 0 Å². The summed E-state index contributed by atoms with van der Waals surface area (Å²) >= 11 is 18.8. The van der Waals surface area contributed by atoms with Crippen LogP contribution in [0.4, 0.5) is 5.69 Å². The van der Waals surface area contributed by atoms with Crippen molar-refractivity contribution in [1.29, 1.82) is 0 Å². The molecule has 1 saturated heterocycles. The predicted octanol–water partition coefficient (Wildman–Crippen LogP) is 6.68. The molecule has 1 atom stereocenters. The molecule has 4 rings (SSSR count). The zero-order valence-electron chi connectivity index (χ0n) is 18.3. The number of piperazine rings is 1. The van der Waals surface area contributed by atoms with Crippen LogP contribution in [0.3, 0.4) is 0 Å². The molecule has 0 N–H and O–H groups in total. The molecule has 33 heavy (non-hydrogen) atoms. The largest absolute Gasteiger partial charge is 0.494 e. The molecule has 0 spiro atoms. The van der Waals surface area contributed by atoms with Crippen molar-refractivity contribution in [2.75, 3.05) is 31.1 Å². The van der Waals surface area contributed by atoms with Gasteiger partial charge in [0.15, 0.2) is 0 Å². The second kappa shape index (κ2) is 10.7. The van der Waals surface area contributed by atoms with Crippen molar-refractivity contribution in [3.05, 3.63) is 92.9 Å². The van der Waals surface area contributed by atoms with Gasteiger partial charge >= 0.3 is 0 Å². The lowest BCUT2D eigenvalue weighted by Crippen LogP contribution is -2.51. The van der Waals surface area contributed by atoms with Crippen LogP contribution in [-0.4, -0.2) is 37.0 Å². The van der Waals surface area contributed by atoms with E-state index in [0.29, 0.717) is 47.7 Å². The van der Waals surface area contributed by atoms with E-state index in [0.717, 1.165) is 22.6 Å².